The van der Waals surface area contributed by atoms with Gasteiger partial charge in [-0.2, -0.15) is 4.57 Å². The molecule has 0 fully saturated rings. The summed E-state index contributed by atoms with van der Waals surface area (Å²) in [6.07, 6.45) is 0. The molecular weight excluding hydrogens is 308 g/mol. The average molecular weight is 335 g/mol. The first kappa shape index (κ1) is 16.2. The number of aromatic nitrogens is 2. The summed E-state index contributed by atoms with van der Waals surface area (Å²) in [7, 11) is 0. The third-order valence-corrected chi connectivity index (χ3v) is 6.64. The van der Waals surface area contributed by atoms with E-state index < -0.39 is 0 Å². The summed E-state index contributed by atoms with van der Waals surface area (Å²) in [5.74, 6) is 2.21. The van der Waals surface area contributed by atoms with Gasteiger partial charge >= 0.3 is 0 Å². The lowest BCUT2D eigenvalue weighted by Crippen LogP contribution is -2.41. The number of imidazole rings is 1. The van der Waals surface area contributed by atoms with Crippen molar-refractivity contribution in [1.82, 2.24) is 4.98 Å². The first-order valence-corrected chi connectivity index (χ1v) is 9.01. The van der Waals surface area contributed by atoms with Crippen LogP contribution in [0.15, 0.2) is 0 Å². The van der Waals surface area contributed by atoms with E-state index in [0.717, 1.165) is 5.75 Å². The largest absolute Gasteiger partial charge is 0.453 e. The van der Waals surface area contributed by atoms with E-state index >= 15 is 0 Å². The summed E-state index contributed by atoms with van der Waals surface area (Å²) >= 11 is 0. The zero-order valence-corrected chi connectivity index (χ0v) is 16.6. The van der Waals surface area contributed by atoms with Crippen molar-refractivity contribution in [3.63, 3.8) is 0 Å². The number of nitrogens with one attached hydrogen (secondary N) is 1. The molecule has 3 heteroatoms. The van der Waals surface area contributed by atoms with Gasteiger partial charge in [0.2, 0.25) is 6.73 Å². The minimum absolute atomic E-state index is 0.563. The van der Waals surface area contributed by atoms with E-state index in [4.69, 9.17) is 4.74 Å². The number of aromatic amines is 1. The molecule has 1 aliphatic heterocycles. The second-order valence-corrected chi connectivity index (χ2v) is 7.60. The van der Waals surface area contributed by atoms with Crippen LogP contribution in [0.1, 0.15) is 44.5 Å². The third kappa shape index (κ3) is 1.90. The van der Waals surface area contributed by atoms with Crippen LogP contribution in [-0.2, 0) is 6.73 Å². The Morgan fingerprint density at radius 3 is 1.92 bits per heavy atom. The van der Waals surface area contributed by atoms with Gasteiger partial charge < -0.3 is 4.74 Å². The molecule has 0 unspecified atom stereocenters. The number of fused-ring (bicyclic) bond motifs is 5. The number of benzene rings is 2. The lowest BCUT2D eigenvalue weighted by Gasteiger charge is -2.22. The molecule has 3 nitrogen and oxygen atoms in total. The van der Waals surface area contributed by atoms with Crippen LogP contribution in [0.3, 0.4) is 0 Å². The van der Waals surface area contributed by atoms with E-state index in [1.165, 1.54) is 66.9 Å². The predicted molar refractivity (Wildman–Crippen MR) is 102 cm³/mol. The molecule has 2 aromatic carbocycles. The third-order valence-electron chi connectivity index (χ3n) is 6.64. The Morgan fingerprint density at radius 1 is 0.680 bits per heavy atom. The molecular formula is C22H27N2O+. The molecule has 0 amide bonds. The number of hydrogen-bond acceptors (Lipinski definition) is 1. The molecule has 1 N–H and O–H groups in total. The van der Waals surface area contributed by atoms with E-state index in [0.29, 0.717) is 6.73 Å². The van der Waals surface area contributed by atoms with Crippen LogP contribution in [0.4, 0.5) is 0 Å². The lowest BCUT2D eigenvalue weighted by molar-refractivity contribution is -0.693. The molecule has 3 aromatic rings. The first-order chi connectivity index (χ1) is 11.8. The van der Waals surface area contributed by atoms with Crippen LogP contribution in [-0.4, -0.2) is 4.98 Å². The molecule has 0 saturated carbocycles. The highest BCUT2D eigenvalue weighted by molar-refractivity contribution is 5.85. The summed E-state index contributed by atoms with van der Waals surface area (Å²) in [4.78, 5) is 3.75. The summed E-state index contributed by atoms with van der Waals surface area (Å²) in [6.45, 7) is 18.2. The standard InChI is InChI=1S/C22H26N2O/c1-10-13(4)17(8)21-18(14(10)5)22-23-19-15(6)11(2)12(3)16(7)20(19)24(22)9-25-21/h9H2,1-8H3/p+1. The molecule has 0 spiro atoms. The molecule has 0 radical (unpaired) electrons. The van der Waals surface area contributed by atoms with E-state index in [2.05, 4.69) is 64.9 Å². The van der Waals surface area contributed by atoms with Gasteiger partial charge in [0.15, 0.2) is 11.0 Å². The molecule has 0 aliphatic carbocycles. The lowest BCUT2D eigenvalue weighted by atomic mass is 9.92. The van der Waals surface area contributed by atoms with Crippen molar-refractivity contribution >= 4 is 11.0 Å². The van der Waals surface area contributed by atoms with Gasteiger partial charge in [-0.25, -0.2) is 4.98 Å². The highest BCUT2D eigenvalue weighted by Gasteiger charge is 2.34. The van der Waals surface area contributed by atoms with E-state index in [-0.39, 0.29) is 0 Å². The molecule has 0 atom stereocenters. The van der Waals surface area contributed by atoms with E-state index in [1.54, 1.807) is 0 Å². The van der Waals surface area contributed by atoms with Gasteiger partial charge in [0.05, 0.1) is 0 Å². The zero-order chi connectivity index (χ0) is 18.2. The van der Waals surface area contributed by atoms with Gasteiger partial charge in [0.1, 0.15) is 11.3 Å². The van der Waals surface area contributed by atoms with Gasteiger partial charge in [0.25, 0.3) is 5.82 Å². The quantitative estimate of drug-likeness (QED) is 0.579. The number of rotatable bonds is 0. The van der Waals surface area contributed by atoms with Gasteiger partial charge in [0, 0.05) is 11.1 Å². The Kier molecular flexibility index (Phi) is 3.31. The fraction of sp³-hybridized carbons (Fsp3) is 0.409. The van der Waals surface area contributed by atoms with Crippen LogP contribution in [0.5, 0.6) is 5.75 Å². The van der Waals surface area contributed by atoms with Crippen molar-refractivity contribution in [1.29, 1.82) is 0 Å². The molecule has 4 rings (SSSR count). The van der Waals surface area contributed by atoms with Gasteiger partial charge in [-0.15, -0.1) is 0 Å². The van der Waals surface area contributed by atoms with Crippen molar-refractivity contribution in [3.05, 3.63) is 44.5 Å². The van der Waals surface area contributed by atoms with Crippen molar-refractivity contribution < 1.29 is 9.30 Å². The van der Waals surface area contributed by atoms with Crippen LogP contribution in [0.25, 0.3) is 22.4 Å². The van der Waals surface area contributed by atoms with Crippen LogP contribution in [0.2, 0.25) is 0 Å². The summed E-state index contributed by atoms with van der Waals surface area (Å²) in [6, 6.07) is 0. The topological polar surface area (TPSA) is 28.9 Å². The van der Waals surface area contributed by atoms with Gasteiger partial charge in [-0.1, -0.05) is 0 Å². The van der Waals surface area contributed by atoms with Crippen LogP contribution < -0.4 is 9.30 Å². The summed E-state index contributed by atoms with van der Waals surface area (Å²) in [5, 5.41) is 0. The normalized spacial score (nSPS) is 13.0. The molecule has 1 aromatic heterocycles. The maximum absolute atomic E-state index is 6.27. The first-order valence-electron chi connectivity index (χ1n) is 9.01. The van der Waals surface area contributed by atoms with E-state index in [1.807, 2.05) is 0 Å². The van der Waals surface area contributed by atoms with Crippen molar-refractivity contribution in [2.24, 2.45) is 0 Å². The fourth-order valence-electron chi connectivity index (χ4n) is 4.28. The maximum Gasteiger partial charge on any atom is 0.294 e. The van der Waals surface area contributed by atoms with Crippen molar-refractivity contribution in [2.45, 2.75) is 62.1 Å². The van der Waals surface area contributed by atoms with E-state index in [9.17, 15) is 0 Å². The number of ether oxygens (including phenoxy) is 1. The molecule has 1 aliphatic rings. The van der Waals surface area contributed by atoms with Gasteiger partial charge in [-0.05, 0) is 88.8 Å². The Balaban J connectivity index is 2.18. The Morgan fingerprint density at radius 2 is 1.24 bits per heavy atom. The predicted octanol–water partition coefficient (Wildman–Crippen LogP) is 4.94. The number of hydrogen-bond donors (Lipinski definition) is 1. The number of aryl methyl sites for hydroxylation is 2. The molecule has 2 heterocycles. The molecule has 130 valence electrons. The Labute approximate surface area is 149 Å². The number of nitrogens with zero attached hydrogens (tertiary/aromatic N) is 1. The zero-order valence-electron chi connectivity index (χ0n) is 16.6. The maximum atomic E-state index is 6.27. The highest BCUT2D eigenvalue weighted by Crippen LogP contribution is 2.41. The summed E-state index contributed by atoms with van der Waals surface area (Å²) < 4.78 is 8.58. The van der Waals surface area contributed by atoms with Crippen LogP contribution >= 0.6 is 0 Å². The second-order valence-electron chi connectivity index (χ2n) is 7.60. The SMILES string of the molecule is Cc1c(C)c(C)c2c(c1C)OC[n+]1c-2[nH]c2c(C)c(C)c(C)c(C)c21. The van der Waals surface area contributed by atoms with Crippen molar-refractivity contribution in [2.75, 3.05) is 0 Å². The fourth-order valence-corrected chi connectivity index (χ4v) is 4.28. The highest BCUT2D eigenvalue weighted by atomic mass is 16.5. The average Bonchev–Trinajstić information content (AvgIpc) is 3.00. The monoisotopic (exact) mass is 335 g/mol. The minimum atomic E-state index is 0.563. The molecule has 0 saturated heterocycles. The van der Waals surface area contributed by atoms with Gasteiger partial charge in [-0.3, -0.25) is 0 Å². The number of H-pyrrole nitrogens is 1. The van der Waals surface area contributed by atoms with Crippen molar-refractivity contribution in [3.8, 4) is 17.1 Å². The molecule has 25 heavy (non-hydrogen) atoms. The van der Waals surface area contributed by atoms with Crippen LogP contribution in [0, 0.1) is 55.4 Å². The second kappa shape index (κ2) is 5.10. The Hall–Kier alpha value is -2.29. The minimum Gasteiger partial charge on any atom is -0.453 e. The molecule has 0 bridgehead atoms. The summed E-state index contributed by atoms with van der Waals surface area (Å²) in [5.41, 5.74) is 14.4. The smallest absolute Gasteiger partial charge is 0.294 e. The Bertz CT molecular complexity index is 1070.